The van der Waals surface area contributed by atoms with E-state index in [1.165, 1.54) is 6.07 Å². The van der Waals surface area contributed by atoms with E-state index in [9.17, 15) is 8.42 Å². The fourth-order valence-electron chi connectivity index (χ4n) is 1.64. The number of primary sulfonamides is 1. The van der Waals surface area contributed by atoms with Gasteiger partial charge in [0.15, 0.2) is 0 Å². The van der Waals surface area contributed by atoms with Crippen molar-refractivity contribution in [3.63, 3.8) is 0 Å². The molecule has 2 rings (SSSR count). The number of furan rings is 1. The van der Waals surface area contributed by atoms with Crippen LogP contribution in [0.5, 0.6) is 0 Å². The topological polar surface area (TPSA) is 85.3 Å². The standard InChI is InChI=1S/C12H14N2O3S/c13-18(15,16)12-6-2-1-5-11(12)14-8-7-10-4-3-9-17-10/h1-6,9,14H,7-8H2,(H2,13,15,16). The summed E-state index contributed by atoms with van der Waals surface area (Å²) in [6.07, 6.45) is 2.28. The number of para-hydroxylation sites is 1. The van der Waals surface area contributed by atoms with Crippen LogP contribution in [0.2, 0.25) is 0 Å². The van der Waals surface area contributed by atoms with Crippen LogP contribution < -0.4 is 10.5 Å². The summed E-state index contributed by atoms with van der Waals surface area (Å²) in [6, 6.07) is 10.2. The van der Waals surface area contributed by atoms with Gasteiger partial charge in [0.25, 0.3) is 0 Å². The van der Waals surface area contributed by atoms with Gasteiger partial charge in [-0.3, -0.25) is 0 Å². The maximum absolute atomic E-state index is 11.4. The Hall–Kier alpha value is -1.79. The van der Waals surface area contributed by atoms with E-state index in [4.69, 9.17) is 9.56 Å². The molecule has 18 heavy (non-hydrogen) atoms. The lowest BCUT2D eigenvalue weighted by molar-refractivity contribution is 0.513. The summed E-state index contributed by atoms with van der Waals surface area (Å²) in [7, 11) is -3.70. The third-order valence-corrected chi connectivity index (χ3v) is 3.43. The van der Waals surface area contributed by atoms with E-state index in [0.717, 1.165) is 5.76 Å². The lowest BCUT2D eigenvalue weighted by atomic mass is 10.3. The third kappa shape index (κ3) is 3.12. The number of anilines is 1. The number of nitrogens with one attached hydrogen (secondary N) is 1. The Morgan fingerprint density at radius 1 is 1.17 bits per heavy atom. The Labute approximate surface area is 106 Å². The zero-order valence-corrected chi connectivity index (χ0v) is 10.5. The molecule has 1 aromatic carbocycles. The van der Waals surface area contributed by atoms with Crippen molar-refractivity contribution in [1.82, 2.24) is 0 Å². The number of hydrogen-bond acceptors (Lipinski definition) is 4. The smallest absolute Gasteiger partial charge is 0.240 e. The number of nitrogens with two attached hydrogens (primary N) is 1. The summed E-state index contributed by atoms with van der Waals surface area (Å²) in [4.78, 5) is 0.101. The predicted octanol–water partition coefficient (Wildman–Crippen LogP) is 1.58. The molecule has 1 aromatic heterocycles. The molecule has 0 amide bonds. The zero-order valence-electron chi connectivity index (χ0n) is 9.67. The van der Waals surface area contributed by atoms with E-state index in [1.807, 2.05) is 12.1 Å². The van der Waals surface area contributed by atoms with Gasteiger partial charge in [-0.2, -0.15) is 0 Å². The molecular weight excluding hydrogens is 252 g/mol. The first-order valence-electron chi connectivity index (χ1n) is 5.45. The van der Waals surface area contributed by atoms with Crippen molar-refractivity contribution in [1.29, 1.82) is 0 Å². The maximum atomic E-state index is 11.4. The van der Waals surface area contributed by atoms with Crippen LogP contribution in [-0.2, 0) is 16.4 Å². The van der Waals surface area contributed by atoms with Crippen LogP contribution in [0.4, 0.5) is 5.69 Å². The average Bonchev–Trinajstić information content (AvgIpc) is 2.81. The quantitative estimate of drug-likeness (QED) is 0.860. The zero-order chi connectivity index (χ0) is 13.0. The van der Waals surface area contributed by atoms with Gasteiger partial charge in [-0.15, -0.1) is 0 Å². The molecule has 3 N–H and O–H groups in total. The molecule has 2 aromatic rings. The van der Waals surface area contributed by atoms with Crippen molar-refractivity contribution in [2.24, 2.45) is 5.14 Å². The summed E-state index contributed by atoms with van der Waals surface area (Å²) in [5.74, 6) is 0.843. The highest BCUT2D eigenvalue weighted by atomic mass is 32.2. The Bertz CT molecular complexity index is 606. The van der Waals surface area contributed by atoms with Crippen molar-refractivity contribution < 1.29 is 12.8 Å². The van der Waals surface area contributed by atoms with E-state index in [1.54, 1.807) is 24.5 Å². The second kappa shape index (κ2) is 5.24. The molecule has 5 nitrogen and oxygen atoms in total. The lowest BCUT2D eigenvalue weighted by Crippen LogP contribution is -2.15. The summed E-state index contributed by atoms with van der Waals surface area (Å²) >= 11 is 0. The van der Waals surface area contributed by atoms with Gasteiger partial charge in [0.2, 0.25) is 10.0 Å². The fourth-order valence-corrected chi connectivity index (χ4v) is 2.35. The normalized spacial score (nSPS) is 11.4. The molecule has 0 spiro atoms. The number of benzene rings is 1. The highest BCUT2D eigenvalue weighted by Gasteiger charge is 2.12. The highest BCUT2D eigenvalue weighted by Crippen LogP contribution is 2.19. The van der Waals surface area contributed by atoms with Crippen molar-refractivity contribution >= 4 is 15.7 Å². The van der Waals surface area contributed by atoms with Crippen LogP contribution in [0.25, 0.3) is 0 Å². The van der Waals surface area contributed by atoms with E-state index >= 15 is 0 Å². The van der Waals surface area contributed by atoms with Crippen molar-refractivity contribution in [3.05, 3.63) is 48.4 Å². The van der Waals surface area contributed by atoms with Gasteiger partial charge < -0.3 is 9.73 Å². The first-order valence-corrected chi connectivity index (χ1v) is 7.00. The minimum atomic E-state index is -3.70. The number of sulfonamides is 1. The molecule has 0 aliphatic rings. The Kier molecular flexibility index (Phi) is 3.69. The SMILES string of the molecule is NS(=O)(=O)c1ccccc1NCCc1ccco1. The van der Waals surface area contributed by atoms with Crippen LogP contribution in [0, 0.1) is 0 Å². The average molecular weight is 266 g/mol. The maximum Gasteiger partial charge on any atom is 0.240 e. The Morgan fingerprint density at radius 2 is 1.94 bits per heavy atom. The summed E-state index contributed by atoms with van der Waals surface area (Å²) < 4.78 is 27.9. The first-order chi connectivity index (χ1) is 8.57. The van der Waals surface area contributed by atoms with Crippen molar-refractivity contribution in [2.45, 2.75) is 11.3 Å². The molecule has 0 atom stereocenters. The van der Waals surface area contributed by atoms with Crippen molar-refractivity contribution in [2.75, 3.05) is 11.9 Å². The fraction of sp³-hybridized carbons (Fsp3) is 0.167. The van der Waals surface area contributed by atoms with Crippen LogP contribution in [0.1, 0.15) is 5.76 Å². The number of rotatable bonds is 5. The Balaban J connectivity index is 2.06. The monoisotopic (exact) mass is 266 g/mol. The first kappa shape index (κ1) is 12.7. The predicted molar refractivity (Wildman–Crippen MR) is 68.7 cm³/mol. The molecule has 0 fully saturated rings. The molecule has 96 valence electrons. The summed E-state index contributed by atoms with van der Waals surface area (Å²) in [5, 5.41) is 8.18. The van der Waals surface area contributed by atoms with Gasteiger partial charge >= 0.3 is 0 Å². The molecule has 6 heteroatoms. The second-order valence-electron chi connectivity index (χ2n) is 3.80. The van der Waals surface area contributed by atoms with Gasteiger partial charge in [0.1, 0.15) is 10.7 Å². The van der Waals surface area contributed by atoms with Gasteiger partial charge in [-0.05, 0) is 24.3 Å². The summed E-state index contributed by atoms with van der Waals surface area (Å²) in [6.45, 7) is 0.569. The molecule has 0 aliphatic carbocycles. The van der Waals surface area contributed by atoms with Crippen molar-refractivity contribution in [3.8, 4) is 0 Å². The second-order valence-corrected chi connectivity index (χ2v) is 5.33. The molecular formula is C12H14N2O3S. The van der Waals surface area contributed by atoms with E-state index in [0.29, 0.717) is 18.7 Å². The molecule has 0 bridgehead atoms. The van der Waals surface area contributed by atoms with E-state index in [2.05, 4.69) is 5.32 Å². The van der Waals surface area contributed by atoms with Crippen LogP contribution in [0.3, 0.4) is 0 Å². The van der Waals surface area contributed by atoms with Crippen LogP contribution >= 0.6 is 0 Å². The molecule has 1 heterocycles. The van der Waals surface area contributed by atoms with Gasteiger partial charge in [-0.25, -0.2) is 13.6 Å². The largest absolute Gasteiger partial charge is 0.469 e. The Morgan fingerprint density at radius 3 is 2.61 bits per heavy atom. The van der Waals surface area contributed by atoms with Gasteiger partial charge in [-0.1, -0.05) is 12.1 Å². The van der Waals surface area contributed by atoms with Gasteiger partial charge in [0, 0.05) is 13.0 Å². The minimum Gasteiger partial charge on any atom is -0.469 e. The van der Waals surface area contributed by atoms with Crippen LogP contribution in [0.15, 0.2) is 52.0 Å². The molecule has 0 unspecified atom stereocenters. The van der Waals surface area contributed by atoms with E-state index < -0.39 is 10.0 Å². The highest BCUT2D eigenvalue weighted by molar-refractivity contribution is 7.89. The molecule has 0 saturated heterocycles. The third-order valence-electron chi connectivity index (χ3n) is 2.46. The molecule has 0 aliphatic heterocycles. The number of hydrogen-bond donors (Lipinski definition) is 2. The minimum absolute atomic E-state index is 0.101. The lowest BCUT2D eigenvalue weighted by Gasteiger charge is -2.09. The van der Waals surface area contributed by atoms with Crippen LogP contribution in [-0.4, -0.2) is 15.0 Å². The molecule has 0 saturated carbocycles. The molecule has 0 radical (unpaired) electrons. The van der Waals surface area contributed by atoms with E-state index in [-0.39, 0.29) is 4.90 Å². The van der Waals surface area contributed by atoms with Gasteiger partial charge in [0.05, 0.1) is 12.0 Å². The summed E-state index contributed by atoms with van der Waals surface area (Å²) in [5.41, 5.74) is 0.506.